The van der Waals surface area contributed by atoms with Crippen LogP contribution in [-0.4, -0.2) is 19.0 Å². The molecule has 1 aromatic carbocycles. The lowest BCUT2D eigenvalue weighted by molar-refractivity contribution is -0.289. The highest BCUT2D eigenvalue weighted by Gasteiger charge is 2.09. The summed E-state index contributed by atoms with van der Waals surface area (Å²) in [7, 11) is 1.56. The molecule has 3 heteroatoms. The zero-order valence-electron chi connectivity index (χ0n) is 6.93. The molecule has 0 aliphatic rings. The first-order valence-corrected chi connectivity index (χ1v) is 3.72. The van der Waals surface area contributed by atoms with Crippen molar-refractivity contribution < 1.29 is 14.9 Å². The van der Waals surface area contributed by atoms with Crippen LogP contribution < -0.4 is 0 Å². The third-order valence-electron chi connectivity index (χ3n) is 1.62. The zero-order valence-corrected chi connectivity index (χ0v) is 6.93. The summed E-state index contributed by atoms with van der Waals surface area (Å²) in [5, 5.41) is 8.53. The fourth-order valence-corrected chi connectivity index (χ4v) is 1.01. The Morgan fingerprint density at radius 2 is 2.00 bits per heavy atom. The van der Waals surface area contributed by atoms with E-state index in [2.05, 4.69) is 4.89 Å². The molecule has 0 amide bonds. The summed E-state index contributed by atoms with van der Waals surface area (Å²) >= 11 is 0. The molecule has 3 nitrogen and oxygen atoms in total. The van der Waals surface area contributed by atoms with Crippen molar-refractivity contribution >= 4 is 0 Å². The van der Waals surface area contributed by atoms with Crippen molar-refractivity contribution in [2.75, 3.05) is 13.7 Å². The van der Waals surface area contributed by atoms with Gasteiger partial charge >= 0.3 is 0 Å². The molecule has 66 valence electrons. The van der Waals surface area contributed by atoms with Crippen molar-refractivity contribution in [2.45, 2.75) is 6.10 Å². The largest absolute Gasteiger partial charge is 0.381 e. The van der Waals surface area contributed by atoms with E-state index in [0.717, 1.165) is 5.56 Å². The van der Waals surface area contributed by atoms with Crippen LogP contribution >= 0.6 is 0 Å². The SMILES string of the molecule is COCC(OO)c1ccccc1. The van der Waals surface area contributed by atoms with Gasteiger partial charge < -0.3 is 4.74 Å². The second-order valence-corrected chi connectivity index (χ2v) is 2.46. The number of rotatable bonds is 4. The van der Waals surface area contributed by atoms with Crippen molar-refractivity contribution in [2.24, 2.45) is 0 Å². The van der Waals surface area contributed by atoms with E-state index in [9.17, 15) is 0 Å². The molecule has 1 N–H and O–H groups in total. The quantitative estimate of drug-likeness (QED) is 0.551. The molecule has 0 aromatic heterocycles. The van der Waals surface area contributed by atoms with Gasteiger partial charge in [-0.05, 0) is 5.56 Å². The lowest BCUT2D eigenvalue weighted by atomic mass is 10.1. The molecular formula is C9H12O3. The summed E-state index contributed by atoms with van der Waals surface area (Å²) in [5.41, 5.74) is 0.904. The topological polar surface area (TPSA) is 38.7 Å². The first-order valence-electron chi connectivity index (χ1n) is 3.72. The monoisotopic (exact) mass is 168 g/mol. The molecule has 0 heterocycles. The Morgan fingerprint density at radius 3 is 2.50 bits per heavy atom. The third kappa shape index (κ3) is 2.30. The Balaban J connectivity index is 2.66. The highest BCUT2D eigenvalue weighted by atomic mass is 17.1. The van der Waals surface area contributed by atoms with Crippen LogP contribution in [0.3, 0.4) is 0 Å². The molecule has 12 heavy (non-hydrogen) atoms. The van der Waals surface area contributed by atoms with Crippen LogP contribution in [-0.2, 0) is 9.62 Å². The van der Waals surface area contributed by atoms with Crippen LogP contribution in [0.25, 0.3) is 0 Å². The predicted octanol–water partition coefficient (Wildman–Crippen LogP) is 1.86. The van der Waals surface area contributed by atoms with E-state index >= 15 is 0 Å². The normalized spacial score (nSPS) is 12.8. The Morgan fingerprint density at radius 1 is 1.33 bits per heavy atom. The average Bonchev–Trinajstić information content (AvgIpc) is 2.15. The smallest absolute Gasteiger partial charge is 0.141 e. The van der Waals surface area contributed by atoms with Gasteiger partial charge in [0.05, 0.1) is 6.61 Å². The molecule has 0 radical (unpaired) electrons. The van der Waals surface area contributed by atoms with Gasteiger partial charge in [0.25, 0.3) is 0 Å². The van der Waals surface area contributed by atoms with Crippen molar-refractivity contribution in [1.82, 2.24) is 0 Å². The molecule has 0 aliphatic heterocycles. The molecule has 0 fully saturated rings. The zero-order chi connectivity index (χ0) is 8.81. The van der Waals surface area contributed by atoms with Crippen LogP contribution in [0.5, 0.6) is 0 Å². The van der Waals surface area contributed by atoms with E-state index in [4.69, 9.17) is 9.99 Å². The van der Waals surface area contributed by atoms with Gasteiger partial charge in [0.15, 0.2) is 0 Å². The predicted molar refractivity (Wildman–Crippen MR) is 44.8 cm³/mol. The van der Waals surface area contributed by atoms with E-state index in [1.165, 1.54) is 0 Å². The molecule has 0 spiro atoms. The number of ether oxygens (including phenoxy) is 1. The molecular weight excluding hydrogens is 156 g/mol. The lowest BCUT2D eigenvalue weighted by Gasteiger charge is -2.11. The van der Waals surface area contributed by atoms with Crippen molar-refractivity contribution in [3.63, 3.8) is 0 Å². The maximum atomic E-state index is 8.53. The molecule has 1 atom stereocenters. The Kier molecular flexibility index (Phi) is 3.73. The van der Waals surface area contributed by atoms with E-state index in [1.807, 2.05) is 30.3 Å². The van der Waals surface area contributed by atoms with Crippen LogP contribution in [0.2, 0.25) is 0 Å². The van der Waals surface area contributed by atoms with Gasteiger partial charge in [-0.1, -0.05) is 30.3 Å². The van der Waals surface area contributed by atoms with Crippen LogP contribution in [0.15, 0.2) is 30.3 Å². The minimum Gasteiger partial charge on any atom is -0.381 e. The van der Waals surface area contributed by atoms with E-state index in [-0.39, 0.29) is 0 Å². The van der Waals surface area contributed by atoms with Crippen molar-refractivity contribution in [3.05, 3.63) is 35.9 Å². The number of methoxy groups -OCH3 is 1. The highest BCUT2D eigenvalue weighted by Crippen LogP contribution is 2.15. The summed E-state index contributed by atoms with van der Waals surface area (Å²) in [6.07, 6.45) is -0.392. The second kappa shape index (κ2) is 4.87. The van der Waals surface area contributed by atoms with E-state index < -0.39 is 6.10 Å². The number of hydrogen-bond acceptors (Lipinski definition) is 3. The standard InChI is InChI=1S/C9H12O3/c1-11-7-9(12-10)8-5-3-2-4-6-8/h2-6,9-10H,7H2,1H3. The molecule has 0 saturated heterocycles. The molecule has 0 bridgehead atoms. The maximum absolute atomic E-state index is 8.53. The van der Waals surface area contributed by atoms with Gasteiger partial charge in [-0.2, -0.15) is 0 Å². The number of benzene rings is 1. The average molecular weight is 168 g/mol. The van der Waals surface area contributed by atoms with Gasteiger partial charge in [-0.15, -0.1) is 0 Å². The molecule has 1 unspecified atom stereocenters. The van der Waals surface area contributed by atoms with Gasteiger partial charge in [-0.3, -0.25) is 5.26 Å². The minimum absolute atomic E-state index is 0.348. The summed E-state index contributed by atoms with van der Waals surface area (Å²) in [4.78, 5) is 4.25. The first kappa shape index (κ1) is 9.19. The number of hydrogen-bond donors (Lipinski definition) is 1. The summed E-state index contributed by atoms with van der Waals surface area (Å²) in [6, 6.07) is 9.43. The molecule has 1 rings (SSSR count). The summed E-state index contributed by atoms with van der Waals surface area (Å²) < 4.78 is 4.86. The highest BCUT2D eigenvalue weighted by molar-refractivity contribution is 5.17. The van der Waals surface area contributed by atoms with Crippen LogP contribution in [0.4, 0.5) is 0 Å². The fourth-order valence-electron chi connectivity index (χ4n) is 1.01. The fraction of sp³-hybridized carbons (Fsp3) is 0.333. The van der Waals surface area contributed by atoms with Gasteiger partial charge in [0.1, 0.15) is 6.10 Å². The lowest BCUT2D eigenvalue weighted by Crippen LogP contribution is -2.08. The molecule has 0 saturated carbocycles. The maximum Gasteiger partial charge on any atom is 0.141 e. The molecule has 1 aromatic rings. The van der Waals surface area contributed by atoms with Crippen molar-refractivity contribution in [1.29, 1.82) is 0 Å². The van der Waals surface area contributed by atoms with E-state index in [1.54, 1.807) is 7.11 Å². The third-order valence-corrected chi connectivity index (χ3v) is 1.62. The van der Waals surface area contributed by atoms with Gasteiger partial charge in [0, 0.05) is 7.11 Å². The van der Waals surface area contributed by atoms with Gasteiger partial charge in [0.2, 0.25) is 0 Å². The summed E-state index contributed by atoms with van der Waals surface area (Å²) in [6.45, 7) is 0.348. The Bertz CT molecular complexity index is 210. The Labute approximate surface area is 71.5 Å². The summed E-state index contributed by atoms with van der Waals surface area (Å²) in [5.74, 6) is 0. The van der Waals surface area contributed by atoms with Crippen LogP contribution in [0, 0.1) is 0 Å². The molecule has 0 aliphatic carbocycles. The van der Waals surface area contributed by atoms with Crippen molar-refractivity contribution in [3.8, 4) is 0 Å². The van der Waals surface area contributed by atoms with Gasteiger partial charge in [-0.25, -0.2) is 4.89 Å². The second-order valence-electron chi connectivity index (χ2n) is 2.46. The van der Waals surface area contributed by atoms with Crippen LogP contribution in [0.1, 0.15) is 11.7 Å². The minimum atomic E-state index is -0.392. The Hall–Kier alpha value is -0.900. The van der Waals surface area contributed by atoms with E-state index in [0.29, 0.717) is 6.61 Å². The first-order chi connectivity index (χ1) is 5.88.